The predicted molar refractivity (Wildman–Crippen MR) is 122 cm³/mol. The van der Waals surface area contributed by atoms with Crippen molar-refractivity contribution in [1.29, 1.82) is 5.41 Å². The van der Waals surface area contributed by atoms with E-state index in [0.29, 0.717) is 24.4 Å². The SMILES string of the molecule is CC(CC(=N)CCc1ccc(-c2cccc(N)n2)cc1)NC(=O)Cc1ccc(F)cc1. The van der Waals surface area contributed by atoms with Crippen molar-refractivity contribution in [1.82, 2.24) is 10.3 Å². The summed E-state index contributed by atoms with van der Waals surface area (Å²) in [6.45, 7) is 1.89. The summed E-state index contributed by atoms with van der Waals surface area (Å²) in [7, 11) is 0. The standard InChI is InChI=1S/C25H27FN4O/c1-17(29-25(31)16-19-7-12-21(26)13-8-19)15-22(27)14-9-18-5-10-20(11-6-18)23-3-2-4-24(28)30-23/h2-8,10-13,17,27H,9,14-16H2,1H3,(H2,28,30)(H,29,31). The number of benzene rings is 2. The van der Waals surface area contributed by atoms with Gasteiger partial charge < -0.3 is 16.5 Å². The molecule has 160 valence electrons. The first-order valence-corrected chi connectivity index (χ1v) is 10.3. The summed E-state index contributed by atoms with van der Waals surface area (Å²) in [5, 5.41) is 11.2. The van der Waals surface area contributed by atoms with Crippen LogP contribution in [0.15, 0.2) is 66.7 Å². The van der Waals surface area contributed by atoms with Gasteiger partial charge in [0.25, 0.3) is 0 Å². The van der Waals surface area contributed by atoms with E-state index < -0.39 is 0 Å². The first kappa shape index (κ1) is 22.2. The molecule has 0 bridgehead atoms. The van der Waals surface area contributed by atoms with Crippen molar-refractivity contribution in [3.8, 4) is 11.3 Å². The van der Waals surface area contributed by atoms with Gasteiger partial charge in [-0.2, -0.15) is 0 Å². The molecule has 0 aliphatic rings. The molecule has 1 unspecified atom stereocenters. The number of aryl methyl sites for hydroxylation is 1. The zero-order chi connectivity index (χ0) is 22.2. The molecule has 1 atom stereocenters. The fraction of sp³-hybridized carbons (Fsp3) is 0.240. The number of halogens is 1. The number of nitrogens with two attached hydrogens (primary N) is 1. The highest BCUT2D eigenvalue weighted by molar-refractivity contribution is 5.84. The first-order valence-electron chi connectivity index (χ1n) is 10.3. The van der Waals surface area contributed by atoms with E-state index in [1.165, 1.54) is 12.1 Å². The second kappa shape index (κ2) is 10.5. The van der Waals surface area contributed by atoms with Crippen molar-refractivity contribution in [3.05, 3.63) is 83.7 Å². The summed E-state index contributed by atoms with van der Waals surface area (Å²) in [4.78, 5) is 16.5. The van der Waals surface area contributed by atoms with Crippen LogP contribution in [0.5, 0.6) is 0 Å². The lowest BCUT2D eigenvalue weighted by Crippen LogP contribution is -2.35. The number of carbonyl (C=O) groups excluding carboxylic acids is 1. The van der Waals surface area contributed by atoms with Crippen molar-refractivity contribution in [2.45, 2.75) is 38.6 Å². The van der Waals surface area contributed by atoms with Crippen LogP contribution < -0.4 is 11.1 Å². The molecule has 3 aromatic rings. The van der Waals surface area contributed by atoms with E-state index in [1.807, 2.05) is 43.3 Å². The molecule has 1 heterocycles. The minimum absolute atomic E-state index is 0.127. The van der Waals surface area contributed by atoms with Gasteiger partial charge in [0.05, 0.1) is 12.1 Å². The highest BCUT2D eigenvalue weighted by atomic mass is 19.1. The molecule has 0 aliphatic heterocycles. The van der Waals surface area contributed by atoms with Gasteiger partial charge in [0.2, 0.25) is 5.91 Å². The minimum atomic E-state index is -0.318. The van der Waals surface area contributed by atoms with E-state index >= 15 is 0 Å². The van der Waals surface area contributed by atoms with E-state index in [2.05, 4.69) is 10.3 Å². The zero-order valence-electron chi connectivity index (χ0n) is 17.6. The average Bonchev–Trinajstić information content (AvgIpc) is 2.74. The van der Waals surface area contributed by atoms with Gasteiger partial charge in [0.1, 0.15) is 11.6 Å². The third-order valence-corrected chi connectivity index (χ3v) is 4.97. The lowest BCUT2D eigenvalue weighted by molar-refractivity contribution is -0.121. The van der Waals surface area contributed by atoms with Gasteiger partial charge in [0.15, 0.2) is 0 Å². The molecule has 6 heteroatoms. The molecular formula is C25H27FN4O. The molecule has 2 aromatic carbocycles. The number of nitrogen functional groups attached to an aromatic ring is 1. The Morgan fingerprint density at radius 1 is 1.06 bits per heavy atom. The number of nitrogens with zero attached hydrogens (tertiary/aromatic N) is 1. The van der Waals surface area contributed by atoms with Crippen molar-refractivity contribution in [3.63, 3.8) is 0 Å². The van der Waals surface area contributed by atoms with Crippen molar-refractivity contribution >= 4 is 17.4 Å². The Labute approximate surface area is 182 Å². The Kier molecular flexibility index (Phi) is 7.49. The van der Waals surface area contributed by atoms with E-state index in [1.54, 1.807) is 18.2 Å². The summed E-state index contributed by atoms with van der Waals surface area (Å²) < 4.78 is 13.0. The molecule has 1 aromatic heterocycles. The van der Waals surface area contributed by atoms with Crippen LogP contribution in [0.25, 0.3) is 11.3 Å². The fourth-order valence-electron chi connectivity index (χ4n) is 3.39. The van der Waals surface area contributed by atoms with Gasteiger partial charge in [-0.3, -0.25) is 4.79 Å². The molecule has 0 radical (unpaired) electrons. The van der Waals surface area contributed by atoms with E-state index in [9.17, 15) is 9.18 Å². The number of aromatic nitrogens is 1. The topological polar surface area (TPSA) is 91.9 Å². The van der Waals surface area contributed by atoms with Crippen molar-refractivity contribution in [2.24, 2.45) is 0 Å². The normalized spacial score (nSPS) is 11.7. The first-order chi connectivity index (χ1) is 14.9. The summed E-state index contributed by atoms with van der Waals surface area (Å²) in [5.74, 6) is 0.0496. The maximum Gasteiger partial charge on any atom is 0.224 e. The van der Waals surface area contributed by atoms with Crippen LogP contribution in [0.4, 0.5) is 10.2 Å². The lowest BCUT2D eigenvalue weighted by atomic mass is 10.0. The molecule has 1 amide bonds. The van der Waals surface area contributed by atoms with Crippen molar-refractivity contribution < 1.29 is 9.18 Å². The second-order valence-electron chi connectivity index (χ2n) is 7.72. The molecule has 0 fully saturated rings. The molecule has 3 rings (SSSR count). The van der Waals surface area contributed by atoms with Crippen molar-refractivity contribution in [2.75, 3.05) is 5.73 Å². The zero-order valence-corrected chi connectivity index (χ0v) is 17.6. The summed E-state index contributed by atoms with van der Waals surface area (Å²) in [6.07, 6.45) is 2.10. The number of hydrogen-bond donors (Lipinski definition) is 3. The minimum Gasteiger partial charge on any atom is -0.384 e. The van der Waals surface area contributed by atoms with Crippen LogP contribution in [0.3, 0.4) is 0 Å². The molecule has 0 spiro atoms. The summed E-state index contributed by atoms with van der Waals surface area (Å²) >= 11 is 0. The average molecular weight is 419 g/mol. The third-order valence-electron chi connectivity index (χ3n) is 4.97. The number of hydrogen-bond acceptors (Lipinski definition) is 4. The highest BCUT2D eigenvalue weighted by Gasteiger charge is 2.11. The Hall–Kier alpha value is -3.54. The molecule has 0 aliphatic carbocycles. The van der Waals surface area contributed by atoms with Gasteiger partial charge in [-0.1, -0.05) is 42.5 Å². The van der Waals surface area contributed by atoms with Crippen LogP contribution in [0, 0.1) is 11.2 Å². The van der Waals surface area contributed by atoms with Gasteiger partial charge in [-0.05, 0) is 55.2 Å². The smallest absolute Gasteiger partial charge is 0.224 e. The molecule has 5 nitrogen and oxygen atoms in total. The Morgan fingerprint density at radius 2 is 1.74 bits per heavy atom. The fourth-order valence-corrected chi connectivity index (χ4v) is 3.39. The predicted octanol–water partition coefficient (Wildman–Crippen LogP) is 4.56. The molecule has 31 heavy (non-hydrogen) atoms. The molecule has 0 saturated carbocycles. The van der Waals surface area contributed by atoms with Gasteiger partial charge in [-0.25, -0.2) is 9.37 Å². The highest BCUT2D eigenvalue weighted by Crippen LogP contribution is 2.19. The van der Waals surface area contributed by atoms with Crippen LogP contribution in [-0.2, 0) is 17.6 Å². The lowest BCUT2D eigenvalue weighted by Gasteiger charge is -2.15. The Morgan fingerprint density at radius 3 is 2.42 bits per heavy atom. The number of amides is 1. The third kappa shape index (κ3) is 7.03. The van der Waals surface area contributed by atoms with E-state index in [0.717, 1.165) is 28.8 Å². The van der Waals surface area contributed by atoms with Gasteiger partial charge >= 0.3 is 0 Å². The number of carbonyl (C=O) groups is 1. The second-order valence-corrected chi connectivity index (χ2v) is 7.72. The van der Waals surface area contributed by atoms with Gasteiger partial charge in [-0.15, -0.1) is 0 Å². The molecule has 0 saturated heterocycles. The maximum absolute atomic E-state index is 13.0. The Bertz CT molecular complexity index is 1030. The molecular weight excluding hydrogens is 391 g/mol. The monoisotopic (exact) mass is 418 g/mol. The van der Waals surface area contributed by atoms with E-state index in [4.69, 9.17) is 11.1 Å². The molecule has 4 N–H and O–H groups in total. The summed E-state index contributed by atoms with van der Waals surface area (Å²) in [6, 6.07) is 19.5. The summed E-state index contributed by atoms with van der Waals surface area (Å²) in [5.41, 5.74) is 10.1. The number of anilines is 1. The largest absolute Gasteiger partial charge is 0.384 e. The Balaban J connectivity index is 1.43. The van der Waals surface area contributed by atoms with Crippen LogP contribution >= 0.6 is 0 Å². The van der Waals surface area contributed by atoms with Gasteiger partial charge in [0, 0.05) is 23.7 Å². The number of pyridine rings is 1. The van der Waals surface area contributed by atoms with Crippen LogP contribution in [-0.4, -0.2) is 22.6 Å². The van der Waals surface area contributed by atoms with Crippen LogP contribution in [0.1, 0.15) is 30.9 Å². The van der Waals surface area contributed by atoms with Crippen LogP contribution in [0.2, 0.25) is 0 Å². The van der Waals surface area contributed by atoms with E-state index in [-0.39, 0.29) is 24.2 Å². The maximum atomic E-state index is 13.0. The number of nitrogens with one attached hydrogen (secondary N) is 2. The quantitative estimate of drug-likeness (QED) is 0.445. The number of rotatable bonds is 9.